The van der Waals surface area contributed by atoms with Crippen molar-refractivity contribution in [1.29, 1.82) is 0 Å². The molecule has 0 amide bonds. The summed E-state index contributed by atoms with van der Waals surface area (Å²) in [6.45, 7) is 5.30. The maximum atomic E-state index is 6.25. The van der Waals surface area contributed by atoms with Crippen LogP contribution in [-0.2, 0) is 0 Å². The van der Waals surface area contributed by atoms with Crippen LogP contribution in [0, 0.1) is 5.92 Å². The lowest BCUT2D eigenvalue weighted by atomic mass is 10.2. The van der Waals surface area contributed by atoms with E-state index in [2.05, 4.69) is 29.2 Å². The van der Waals surface area contributed by atoms with Gasteiger partial charge in [-0.3, -0.25) is 0 Å². The average molecular weight is 289 g/mol. The predicted octanol–water partition coefficient (Wildman–Crippen LogP) is 3.30. The zero-order valence-electron chi connectivity index (χ0n) is 10.6. The number of hydrogen-bond acceptors (Lipinski definition) is 4. The number of nitrogens with one attached hydrogen (secondary N) is 1. The number of nitrogens with two attached hydrogens (primary N) is 1. The Morgan fingerprint density at radius 3 is 2.61 bits per heavy atom. The molecule has 1 aromatic rings. The van der Waals surface area contributed by atoms with Gasteiger partial charge in [0.2, 0.25) is 0 Å². The van der Waals surface area contributed by atoms with Crippen molar-refractivity contribution in [3.63, 3.8) is 0 Å². The third-order valence-electron chi connectivity index (χ3n) is 2.87. The van der Waals surface area contributed by atoms with Crippen LogP contribution in [0.3, 0.4) is 0 Å². The Balaban J connectivity index is 2.34. The van der Waals surface area contributed by atoms with Crippen molar-refractivity contribution >= 4 is 34.8 Å². The van der Waals surface area contributed by atoms with Gasteiger partial charge >= 0.3 is 0 Å². The Bertz CT molecular complexity index is 432. The van der Waals surface area contributed by atoms with Gasteiger partial charge in [0.1, 0.15) is 5.82 Å². The van der Waals surface area contributed by atoms with E-state index in [1.807, 2.05) is 0 Å². The fraction of sp³-hybridized carbons (Fsp3) is 0.583. The minimum Gasteiger partial charge on any atom is -0.352 e. The van der Waals surface area contributed by atoms with Gasteiger partial charge < -0.3 is 10.3 Å². The zero-order valence-corrected chi connectivity index (χ0v) is 12.1. The molecule has 6 heteroatoms. The number of anilines is 2. The molecule has 3 N–H and O–H groups in total. The van der Waals surface area contributed by atoms with E-state index in [0.29, 0.717) is 27.8 Å². The summed E-state index contributed by atoms with van der Waals surface area (Å²) in [7, 11) is 0. The molecule has 1 aliphatic rings. The van der Waals surface area contributed by atoms with Crippen LogP contribution in [0.2, 0.25) is 10.0 Å². The van der Waals surface area contributed by atoms with E-state index < -0.39 is 0 Å². The normalized spacial score (nSPS) is 15.0. The molecule has 4 nitrogen and oxygen atoms in total. The number of aromatic nitrogens is 1. The van der Waals surface area contributed by atoms with Crippen molar-refractivity contribution in [2.24, 2.45) is 11.8 Å². The first kappa shape index (κ1) is 13.7. The van der Waals surface area contributed by atoms with Crippen LogP contribution >= 0.6 is 23.2 Å². The van der Waals surface area contributed by atoms with Gasteiger partial charge in [0, 0.05) is 12.6 Å². The topological polar surface area (TPSA) is 54.2 Å². The van der Waals surface area contributed by atoms with E-state index in [9.17, 15) is 0 Å². The molecule has 1 aromatic heterocycles. The zero-order chi connectivity index (χ0) is 13.3. The van der Waals surface area contributed by atoms with E-state index in [0.717, 1.165) is 12.4 Å². The van der Waals surface area contributed by atoms with Gasteiger partial charge in [0.15, 0.2) is 5.82 Å². The van der Waals surface area contributed by atoms with Gasteiger partial charge in [-0.2, -0.15) is 0 Å². The number of hydrogen-bond donors (Lipinski definition) is 2. The van der Waals surface area contributed by atoms with Crippen LogP contribution in [0.25, 0.3) is 0 Å². The first-order valence-corrected chi connectivity index (χ1v) is 6.87. The molecule has 0 unspecified atom stereocenters. The molecule has 0 spiro atoms. The van der Waals surface area contributed by atoms with E-state index in [1.165, 1.54) is 12.8 Å². The number of hydrazine groups is 1. The summed E-state index contributed by atoms with van der Waals surface area (Å²) >= 11 is 12.3. The molecule has 0 atom stereocenters. The number of nitrogen functional groups attached to an aromatic ring is 1. The summed E-state index contributed by atoms with van der Waals surface area (Å²) in [5.74, 6) is 7.19. The first-order chi connectivity index (χ1) is 8.52. The van der Waals surface area contributed by atoms with Gasteiger partial charge in [0.25, 0.3) is 0 Å². The summed E-state index contributed by atoms with van der Waals surface area (Å²) in [5, 5.41) is 1.01. The highest BCUT2D eigenvalue weighted by molar-refractivity contribution is 6.37. The smallest absolute Gasteiger partial charge is 0.161 e. The van der Waals surface area contributed by atoms with E-state index in [1.54, 1.807) is 6.07 Å². The molecule has 0 saturated heterocycles. The fourth-order valence-electron chi connectivity index (χ4n) is 1.95. The molecule has 100 valence electrons. The van der Waals surface area contributed by atoms with E-state index in [4.69, 9.17) is 29.0 Å². The van der Waals surface area contributed by atoms with Crippen molar-refractivity contribution in [3.8, 4) is 0 Å². The van der Waals surface area contributed by atoms with Gasteiger partial charge in [-0.05, 0) is 24.8 Å². The van der Waals surface area contributed by atoms with Gasteiger partial charge in [-0.1, -0.05) is 37.0 Å². The molecule has 1 saturated carbocycles. The minimum absolute atomic E-state index is 0.437. The number of nitrogens with zero attached hydrogens (tertiary/aromatic N) is 2. The molecular weight excluding hydrogens is 271 g/mol. The SMILES string of the molecule is CC(C)CN(c1nc(NN)c(Cl)cc1Cl)C1CC1. The highest BCUT2D eigenvalue weighted by Crippen LogP contribution is 2.37. The van der Waals surface area contributed by atoms with Crippen LogP contribution in [-0.4, -0.2) is 17.6 Å². The molecule has 2 rings (SSSR count). The van der Waals surface area contributed by atoms with E-state index >= 15 is 0 Å². The van der Waals surface area contributed by atoms with Crippen molar-refractivity contribution in [1.82, 2.24) is 4.98 Å². The van der Waals surface area contributed by atoms with Crippen LogP contribution in [0.1, 0.15) is 26.7 Å². The van der Waals surface area contributed by atoms with Gasteiger partial charge in [-0.25, -0.2) is 10.8 Å². The van der Waals surface area contributed by atoms with Crippen molar-refractivity contribution < 1.29 is 0 Å². The first-order valence-electron chi connectivity index (χ1n) is 6.12. The highest BCUT2D eigenvalue weighted by atomic mass is 35.5. The lowest BCUT2D eigenvalue weighted by Gasteiger charge is -2.27. The Kier molecular flexibility index (Phi) is 4.20. The van der Waals surface area contributed by atoms with E-state index in [-0.39, 0.29) is 0 Å². The fourth-order valence-corrected chi connectivity index (χ4v) is 2.47. The number of pyridine rings is 1. The average Bonchev–Trinajstić information content (AvgIpc) is 3.10. The molecule has 0 bridgehead atoms. The molecule has 18 heavy (non-hydrogen) atoms. The lowest BCUT2D eigenvalue weighted by Crippen LogP contribution is -2.31. The molecule has 0 aliphatic heterocycles. The summed E-state index contributed by atoms with van der Waals surface area (Å²) < 4.78 is 0. The third kappa shape index (κ3) is 2.99. The van der Waals surface area contributed by atoms with Gasteiger partial charge in [0.05, 0.1) is 10.0 Å². The van der Waals surface area contributed by atoms with Crippen LogP contribution in [0.15, 0.2) is 6.07 Å². The second kappa shape index (κ2) is 5.51. The quantitative estimate of drug-likeness (QED) is 0.645. The minimum atomic E-state index is 0.437. The molecule has 1 heterocycles. The molecule has 1 aliphatic carbocycles. The standard InChI is InChI=1S/C12H18Cl2N4/c1-7(2)6-18(8-3-4-8)12-10(14)5-9(13)11(16-12)17-15/h5,7-8H,3-4,6,15H2,1-2H3,(H,16,17). The second-order valence-electron chi connectivity index (χ2n) is 5.05. The Morgan fingerprint density at radius 1 is 1.44 bits per heavy atom. The Hall–Kier alpha value is -0.710. The van der Waals surface area contributed by atoms with Crippen molar-refractivity contribution in [2.45, 2.75) is 32.7 Å². The predicted molar refractivity (Wildman–Crippen MR) is 77.3 cm³/mol. The summed E-state index contributed by atoms with van der Waals surface area (Å²) in [6, 6.07) is 2.24. The highest BCUT2D eigenvalue weighted by Gasteiger charge is 2.32. The van der Waals surface area contributed by atoms with Crippen LogP contribution in [0.5, 0.6) is 0 Å². The molecular formula is C12H18Cl2N4. The Morgan fingerprint density at radius 2 is 2.11 bits per heavy atom. The lowest BCUT2D eigenvalue weighted by molar-refractivity contribution is 0.603. The number of rotatable bonds is 5. The molecule has 1 fully saturated rings. The second-order valence-corrected chi connectivity index (χ2v) is 5.86. The summed E-state index contributed by atoms with van der Waals surface area (Å²) in [5.41, 5.74) is 2.50. The number of halogens is 2. The van der Waals surface area contributed by atoms with Gasteiger partial charge in [-0.15, -0.1) is 0 Å². The molecule has 0 aromatic carbocycles. The Labute approximate surface area is 117 Å². The van der Waals surface area contributed by atoms with Crippen molar-refractivity contribution in [2.75, 3.05) is 16.9 Å². The largest absolute Gasteiger partial charge is 0.352 e. The van der Waals surface area contributed by atoms with Crippen molar-refractivity contribution in [3.05, 3.63) is 16.1 Å². The maximum absolute atomic E-state index is 6.25. The third-order valence-corrected chi connectivity index (χ3v) is 3.44. The summed E-state index contributed by atoms with van der Waals surface area (Å²) in [6.07, 6.45) is 2.39. The summed E-state index contributed by atoms with van der Waals surface area (Å²) in [4.78, 5) is 6.69. The molecule has 0 radical (unpaired) electrons. The maximum Gasteiger partial charge on any atom is 0.161 e. The van der Waals surface area contributed by atoms with Crippen LogP contribution < -0.4 is 16.2 Å². The monoisotopic (exact) mass is 288 g/mol. The van der Waals surface area contributed by atoms with Crippen LogP contribution in [0.4, 0.5) is 11.6 Å².